The van der Waals surface area contributed by atoms with Crippen LogP contribution in [0.3, 0.4) is 0 Å². The molecule has 3 unspecified atom stereocenters. The number of anilines is 1. The zero-order valence-corrected chi connectivity index (χ0v) is 17.0. The van der Waals surface area contributed by atoms with Crippen LogP contribution >= 0.6 is 0 Å². The Hall–Kier alpha value is -2.09. The van der Waals surface area contributed by atoms with E-state index in [9.17, 15) is 22.8 Å². The predicted molar refractivity (Wildman–Crippen MR) is 107 cm³/mol. The molecule has 1 saturated heterocycles. The van der Waals surface area contributed by atoms with Crippen molar-refractivity contribution in [3.05, 3.63) is 29.8 Å². The maximum atomic E-state index is 12.8. The Labute approximate surface area is 174 Å². The maximum absolute atomic E-state index is 12.8. The summed E-state index contributed by atoms with van der Waals surface area (Å²) >= 11 is 0. The van der Waals surface area contributed by atoms with Crippen LogP contribution in [0.4, 0.5) is 18.9 Å². The summed E-state index contributed by atoms with van der Waals surface area (Å²) in [5.74, 6) is 0.813. The van der Waals surface area contributed by atoms with Crippen LogP contribution in [0.15, 0.2) is 24.3 Å². The van der Waals surface area contributed by atoms with Gasteiger partial charge >= 0.3 is 6.18 Å². The lowest BCUT2D eigenvalue weighted by Crippen LogP contribution is -2.41. The molecule has 8 heteroatoms. The molecular formula is C22H28F3N3O2. The van der Waals surface area contributed by atoms with Gasteiger partial charge in [0, 0.05) is 30.7 Å². The van der Waals surface area contributed by atoms with Crippen LogP contribution in [-0.2, 0) is 15.8 Å². The fraction of sp³-hybridized carbons (Fsp3) is 0.636. The van der Waals surface area contributed by atoms with Crippen molar-refractivity contribution in [2.45, 2.75) is 44.8 Å². The third kappa shape index (κ3) is 4.63. The molecule has 1 aromatic rings. The first-order valence-electron chi connectivity index (χ1n) is 10.7. The van der Waals surface area contributed by atoms with E-state index in [0.29, 0.717) is 17.9 Å². The van der Waals surface area contributed by atoms with Gasteiger partial charge in [0.25, 0.3) is 0 Å². The number of hydrogen-bond donors (Lipinski definition) is 2. The molecule has 2 N–H and O–H groups in total. The van der Waals surface area contributed by atoms with Crippen molar-refractivity contribution in [3.63, 3.8) is 0 Å². The minimum atomic E-state index is -4.47. The van der Waals surface area contributed by atoms with E-state index in [0.717, 1.165) is 31.1 Å². The number of halogens is 3. The summed E-state index contributed by atoms with van der Waals surface area (Å²) in [6, 6.07) is 5.09. The standard InChI is InChI=1S/C22H28F3N3O2/c1-13-4-2-7-16(8-13)28-11-17-18(12-28)20(17)21(30)26-10-19(29)27-15-6-3-5-14(9-15)22(23,24)25/h3,5-6,9,13,16-18,20H,2,4,7-8,10-12H2,1H3,(H,26,30)(H,27,29)/t13?,16?,17-,18+,20?. The van der Waals surface area contributed by atoms with Gasteiger partial charge in [0.05, 0.1) is 12.1 Å². The molecule has 3 aliphatic rings. The van der Waals surface area contributed by atoms with Crippen LogP contribution in [0.5, 0.6) is 0 Å². The smallest absolute Gasteiger partial charge is 0.347 e. The molecule has 3 fully saturated rings. The molecule has 5 atom stereocenters. The van der Waals surface area contributed by atoms with Crippen molar-refractivity contribution in [2.75, 3.05) is 25.0 Å². The highest BCUT2D eigenvalue weighted by Gasteiger charge is 2.59. The quantitative estimate of drug-likeness (QED) is 0.762. The molecule has 5 nitrogen and oxygen atoms in total. The van der Waals surface area contributed by atoms with Crippen LogP contribution in [0.2, 0.25) is 0 Å². The van der Waals surface area contributed by atoms with Crippen molar-refractivity contribution in [1.82, 2.24) is 10.2 Å². The molecule has 1 aliphatic heterocycles. The largest absolute Gasteiger partial charge is 0.416 e. The predicted octanol–water partition coefficient (Wildman–Crippen LogP) is 3.52. The molecule has 0 radical (unpaired) electrons. The zero-order chi connectivity index (χ0) is 21.5. The molecule has 2 saturated carbocycles. The number of rotatable bonds is 5. The average Bonchev–Trinajstić information content (AvgIpc) is 3.19. The summed E-state index contributed by atoms with van der Waals surface area (Å²) in [6.45, 7) is 3.98. The number of benzene rings is 1. The topological polar surface area (TPSA) is 61.4 Å². The van der Waals surface area contributed by atoms with Gasteiger partial charge in [0.1, 0.15) is 0 Å². The van der Waals surface area contributed by atoms with Gasteiger partial charge in [-0.3, -0.25) is 14.5 Å². The van der Waals surface area contributed by atoms with Gasteiger partial charge in [-0.15, -0.1) is 0 Å². The number of nitrogens with zero attached hydrogens (tertiary/aromatic N) is 1. The summed E-state index contributed by atoms with van der Waals surface area (Å²) in [5, 5.41) is 5.06. The van der Waals surface area contributed by atoms with Gasteiger partial charge in [-0.2, -0.15) is 13.2 Å². The van der Waals surface area contributed by atoms with E-state index in [2.05, 4.69) is 22.5 Å². The Morgan fingerprint density at radius 1 is 1.17 bits per heavy atom. The molecule has 2 amide bonds. The van der Waals surface area contributed by atoms with E-state index in [-0.39, 0.29) is 24.1 Å². The third-order valence-corrected chi connectivity index (χ3v) is 6.85. The van der Waals surface area contributed by atoms with Gasteiger partial charge in [0.2, 0.25) is 11.8 Å². The number of carbonyl (C=O) groups is 2. The lowest BCUT2D eigenvalue weighted by Gasteiger charge is -2.35. The Balaban J connectivity index is 1.21. The minimum Gasteiger partial charge on any atom is -0.347 e. The van der Waals surface area contributed by atoms with Crippen molar-refractivity contribution in [1.29, 1.82) is 0 Å². The highest BCUT2D eigenvalue weighted by molar-refractivity contribution is 5.95. The first-order chi connectivity index (χ1) is 14.2. The van der Waals surface area contributed by atoms with Crippen molar-refractivity contribution < 1.29 is 22.8 Å². The fourth-order valence-electron chi connectivity index (χ4n) is 5.24. The second-order valence-corrected chi connectivity index (χ2v) is 9.08. The van der Waals surface area contributed by atoms with E-state index in [1.807, 2.05) is 0 Å². The number of alkyl halides is 3. The first-order valence-corrected chi connectivity index (χ1v) is 10.7. The highest BCUT2D eigenvalue weighted by atomic mass is 19.4. The molecule has 4 rings (SSSR count). The van der Waals surface area contributed by atoms with E-state index < -0.39 is 17.6 Å². The molecule has 1 aromatic carbocycles. The van der Waals surface area contributed by atoms with Gasteiger partial charge in [-0.05, 0) is 48.8 Å². The van der Waals surface area contributed by atoms with Crippen molar-refractivity contribution >= 4 is 17.5 Å². The van der Waals surface area contributed by atoms with E-state index in [1.54, 1.807) is 0 Å². The molecule has 0 spiro atoms. The average molecular weight is 423 g/mol. The number of amides is 2. The van der Waals surface area contributed by atoms with Gasteiger partial charge in [-0.1, -0.05) is 25.8 Å². The fourth-order valence-corrected chi connectivity index (χ4v) is 5.24. The molecule has 1 heterocycles. The molecule has 164 valence electrons. The summed E-state index contributed by atoms with van der Waals surface area (Å²) in [6.07, 6.45) is 0.609. The van der Waals surface area contributed by atoms with Gasteiger partial charge in [-0.25, -0.2) is 0 Å². The van der Waals surface area contributed by atoms with Crippen LogP contribution in [0.25, 0.3) is 0 Å². The third-order valence-electron chi connectivity index (χ3n) is 6.85. The highest BCUT2D eigenvalue weighted by Crippen LogP contribution is 2.53. The lowest BCUT2D eigenvalue weighted by atomic mass is 9.86. The maximum Gasteiger partial charge on any atom is 0.416 e. The molecule has 2 aliphatic carbocycles. The van der Waals surface area contributed by atoms with Crippen LogP contribution in [0.1, 0.15) is 38.2 Å². The summed E-state index contributed by atoms with van der Waals surface area (Å²) < 4.78 is 38.3. The Morgan fingerprint density at radius 3 is 2.57 bits per heavy atom. The lowest BCUT2D eigenvalue weighted by molar-refractivity contribution is -0.137. The second-order valence-electron chi connectivity index (χ2n) is 9.08. The molecule has 30 heavy (non-hydrogen) atoms. The summed E-state index contributed by atoms with van der Waals surface area (Å²) in [4.78, 5) is 27.0. The van der Waals surface area contributed by atoms with Gasteiger partial charge in [0.15, 0.2) is 0 Å². The Morgan fingerprint density at radius 2 is 1.90 bits per heavy atom. The van der Waals surface area contributed by atoms with Crippen molar-refractivity contribution in [2.24, 2.45) is 23.7 Å². The number of likely N-dealkylation sites (tertiary alicyclic amines) is 1. The van der Waals surface area contributed by atoms with Gasteiger partial charge < -0.3 is 10.6 Å². The number of hydrogen-bond acceptors (Lipinski definition) is 3. The van der Waals surface area contributed by atoms with Crippen LogP contribution < -0.4 is 10.6 Å². The second kappa shape index (κ2) is 8.21. The summed E-state index contributed by atoms with van der Waals surface area (Å²) in [5.41, 5.74) is -0.767. The van der Waals surface area contributed by atoms with E-state index in [4.69, 9.17) is 0 Å². The Kier molecular flexibility index (Phi) is 5.79. The van der Waals surface area contributed by atoms with E-state index in [1.165, 1.54) is 37.8 Å². The van der Waals surface area contributed by atoms with E-state index >= 15 is 0 Å². The number of nitrogens with one attached hydrogen (secondary N) is 2. The zero-order valence-electron chi connectivity index (χ0n) is 17.0. The molecule has 0 aromatic heterocycles. The molecular weight excluding hydrogens is 395 g/mol. The normalized spacial score (nSPS) is 31.1. The van der Waals surface area contributed by atoms with Crippen molar-refractivity contribution in [3.8, 4) is 0 Å². The summed E-state index contributed by atoms with van der Waals surface area (Å²) in [7, 11) is 0. The first kappa shape index (κ1) is 21.2. The number of piperidine rings is 1. The SMILES string of the molecule is CC1CCCC(N2C[C@@H]3C(C(=O)NCC(=O)Nc4cccc(C(F)(F)F)c4)[C@@H]3C2)C1. The van der Waals surface area contributed by atoms with Crippen LogP contribution in [0, 0.1) is 23.7 Å². The number of fused-ring (bicyclic) bond motifs is 1. The number of carbonyl (C=O) groups excluding carboxylic acids is 2. The van der Waals surface area contributed by atoms with Crippen LogP contribution in [-0.4, -0.2) is 42.4 Å². The molecule has 0 bridgehead atoms. The minimum absolute atomic E-state index is 0.0383. The Bertz CT molecular complexity index is 801. The monoisotopic (exact) mass is 423 g/mol.